The Bertz CT molecular complexity index is 985. The number of amides is 1. The Balaban J connectivity index is 1.52. The molecule has 2 aliphatic heterocycles. The van der Waals surface area contributed by atoms with E-state index in [0.29, 0.717) is 49.9 Å². The number of hydrogen-bond acceptors (Lipinski definition) is 5. The summed E-state index contributed by atoms with van der Waals surface area (Å²) < 4.78 is 34.3. The highest BCUT2D eigenvalue weighted by Crippen LogP contribution is 2.29. The van der Waals surface area contributed by atoms with Crippen molar-refractivity contribution in [1.82, 2.24) is 13.9 Å². The summed E-state index contributed by atoms with van der Waals surface area (Å²) in [6, 6.07) is 4.39. The molecule has 2 aromatic rings. The minimum absolute atomic E-state index is 0.107. The summed E-state index contributed by atoms with van der Waals surface area (Å²) in [5, 5.41) is 3.11. The van der Waals surface area contributed by atoms with Gasteiger partial charge in [-0.25, -0.2) is 13.4 Å². The van der Waals surface area contributed by atoms with Gasteiger partial charge in [0.25, 0.3) is 0 Å². The van der Waals surface area contributed by atoms with E-state index in [9.17, 15) is 13.2 Å². The van der Waals surface area contributed by atoms with E-state index in [1.165, 1.54) is 22.5 Å². The number of morpholine rings is 1. The number of benzene rings is 1. The fraction of sp³-hybridized carbons (Fsp3) is 0.444. The molecule has 1 aromatic carbocycles. The van der Waals surface area contributed by atoms with Crippen LogP contribution in [0.2, 0.25) is 5.02 Å². The number of rotatable bonds is 4. The van der Waals surface area contributed by atoms with Crippen molar-refractivity contribution in [1.29, 1.82) is 0 Å². The number of hydrogen-bond donors (Lipinski definition) is 1. The first kappa shape index (κ1) is 19.4. The first-order chi connectivity index (χ1) is 13.4. The number of aromatic nitrogens is 2. The molecule has 1 N–H and O–H groups in total. The zero-order chi connectivity index (χ0) is 19.7. The SMILES string of the molecule is O=C(Nc1cc(S(=O)(=O)N2CCOCC2)ccc1Cl)C1CCn2cncc2C1. The second kappa shape index (κ2) is 7.82. The number of halogens is 1. The molecule has 0 radical (unpaired) electrons. The molecule has 4 rings (SSSR count). The van der Waals surface area contributed by atoms with E-state index in [1.807, 2.05) is 4.57 Å². The maximum atomic E-state index is 12.9. The van der Waals surface area contributed by atoms with Gasteiger partial charge < -0.3 is 14.6 Å². The van der Waals surface area contributed by atoms with Crippen LogP contribution in [0.1, 0.15) is 12.1 Å². The summed E-state index contributed by atoms with van der Waals surface area (Å²) in [7, 11) is -3.66. The molecular weight excluding hydrogens is 404 g/mol. The van der Waals surface area contributed by atoms with E-state index in [0.717, 1.165) is 12.2 Å². The normalized spacial score (nSPS) is 20.5. The van der Waals surface area contributed by atoms with Gasteiger partial charge in [-0.1, -0.05) is 11.6 Å². The molecule has 1 saturated heterocycles. The number of nitrogens with zero attached hydrogens (tertiary/aromatic N) is 3. The quantitative estimate of drug-likeness (QED) is 0.807. The lowest BCUT2D eigenvalue weighted by Gasteiger charge is -2.26. The molecule has 1 fully saturated rings. The second-order valence-corrected chi connectivity index (χ2v) is 9.26. The summed E-state index contributed by atoms with van der Waals surface area (Å²) in [5.74, 6) is -0.380. The zero-order valence-corrected chi connectivity index (χ0v) is 16.7. The predicted molar refractivity (Wildman–Crippen MR) is 104 cm³/mol. The van der Waals surface area contributed by atoms with Crippen LogP contribution in [0.5, 0.6) is 0 Å². The Hall–Kier alpha value is -1.94. The molecule has 0 aliphatic carbocycles. The lowest BCUT2D eigenvalue weighted by Crippen LogP contribution is -2.40. The Labute approximate surface area is 168 Å². The molecule has 28 heavy (non-hydrogen) atoms. The van der Waals surface area contributed by atoms with Crippen LogP contribution in [-0.2, 0) is 32.5 Å². The smallest absolute Gasteiger partial charge is 0.243 e. The van der Waals surface area contributed by atoms with Crippen LogP contribution in [0.25, 0.3) is 0 Å². The molecule has 0 bridgehead atoms. The van der Waals surface area contributed by atoms with E-state index in [-0.39, 0.29) is 16.7 Å². The van der Waals surface area contributed by atoms with Gasteiger partial charge in [-0.15, -0.1) is 0 Å². The number of carbonyl (C=O) groups is 1. The number of ether oxygens (including phenoxy) is 1. The summed E-state index contributed by atoms with van der Waals surface area (Å²) in [6.45, 7) is 2.08. The molecule has 1 atom stereocenters. The Morgan fingerprint density at radius 2 is 2.04 bits per heavy atom. The predicted octanol–water partition coefficient (Wildman–Crippen LogP) is 1.76. The number of imidazole rings is 1. The summed E-state index contributed by atoms with van der Waals surface area (Å²) in [6.07, 6.45) is 4.82. The highest BCUT2D eigenvalue weighted by atomic mass is 35.5. The fourth-order valence-electron chi connectivity index (χ4n) is 3.52. The van der Waals surface area contributed by atoms with Gasteiger partial charge in [-0.2, -0.15) is 4.31 Å². The van der Waals surface area contributed by atoms with E-state index in [2.05, 4.69) is 10.3 Å². The van der Waals surface area contributed by atoms with Gasteiger partial charge in [0.1, 0.15) is 0 Å². The first-order valence-electron chi connectivity index (χ1n) is 9.12. The highest BCUT2D eigenvalue weighted by molar-refractivity contribution is 7.89. The van der Waals surface area contributed by atoms with Crippen LogP contribution >= 0.6 is 11.6 Å². The lowest BCUT2D eigenvalue weighted by molar-refractivity contribution is -0.120. The van der Waals surface area contributed by atoms with Crippen molar-refractivity contribution in [2.24, 2.45) is 5.92 Å². The average Bonchev–Trinajstić information content (AvgIpc) is 3.18. The molecule has 0 spiro atoms. The van der Waals surface area contributed by atoms with Crippen LogP contribution in [0.4, 0.5) is 5.69 Å². The lowest BCUT2D eigenvalue weighted by atomic mass is 9.95. The van der Waals surface area contributed by atoms with Crippen LogP contribution in [0.3, 0.4) is 0 Å². The zero-order valence-electron chi connectivity index (χ0n) is 15.2. The Kier molecular flexibility index (Phi) is 5.42. The van der Waals surface area contributed by atoms with Crippen molar-refractivity contribution in [3.63, 3.8) is 0 Å². The van der Waals surface area contributed by atoms with Crippen LogP contribution in [0, 0.1) is 5.92 Å². The summed E-state index contributed by atoms with van der Waals surface area (Å²) >= 11 is 6.22. The van der Waals surface area contributed by atoms with Crippen molar-refractivity contribution < 1.29 is 17.9 Å². The maximum Gasteiger partial charge on any atom is 0.243 e. The van der Waals surface area contributed by atoms with Crippen LogP contribution in [-0.4, -0.2) is 54.5 Å². The second-order valence-electron chi connectivity index (χ2n) is 6.92. The van der Waals surface area contributed by atoms with Crippen LogP contribution < -0.4 is 5.32 Å². The van der Waals surface area contributed by atoms with Crippen molar-refractivity contribution >= 4 is 33.2 Å². The number of aryl methyl sites for hydroxylation is 1. The van der Waals surface area contributed by atoms with Gasteiger partial charge in [0, 0.05) is 43.9 Å². The Morgan fingerprint density at radius 3 is 2.82 bits per heavy atom. The topological polar surface area (TPSA) is 93.5 Å². The molecule has 1 unspecified atom stereocenters. The third kappa shape index (κ3) is 3.80. The van der Waals surface area contributed by atoms with Crippen molar-refractivity contribution in [2.45, 2.75) is 24.3 Å². The third-order valence-corrected chi connectivity index (χ3v) is 7.37. The number of sulfonamides is 1. The van der Waals surface area contributed by atoms with Crippen molar-refractivity contribution in [3.8, 4) is 0 Å². The third-order valence-electron chi connectivity index (χ3n) is 5.15. The molecular formula is C18H21ClN4O4S. The number of carbonyl (C=O) groups excluding carboxylic acids is 1. The number of nitrogens with one attached hydrogen (secondary N) is 1. The summed E-state index contributed by atoms with van der Waals surface area (Å²) in [5.41, 5.74) is 1.32. The molecule has 0 saturated carbocycles. The molecule has 1 amide bonds. The average molecular weight is 425 g/mol. The molecule has 10 heteroatoms. The molecule has 150 valence electrons. The molecule has 2 aliphatic rings. The minimum Gasteiger partial charge on any atom is -0.379 e. The van der Waals surface area contributed by atoms with Gasteiger partial charge in [0.05, 0.1) is 35.1 Å². The van der Waals surface area contributed by atoms with Gasteiger partial charge >= 0.3 is 0 Å². The van der Waals surface area contributed by atoms with E-state index >= 15 is 0 Å². The maximum absolute atomic E-state index is 12.9. The monoisotopic (exact) mass is 424 g/mol. The summed E-state index contributed by atoms with van der Waals surface area (Å²) in [4.78, 5) is 17.0. The van der Waals surface area contributed by atoms with Gasteiger partial charge in [0.15, 0.2) is 0 Å². The standard InChI is InChI=1S/C18H21ClN4O4S/c19-16-2-1-15(28(25,26)23-5-7-27-8-6-23)10-17(16)21-18(24)13-3-4-22-12-20-11-14(22)9-13/h1-2,10-13H,3-9H2,(H,21,24). The van der Waals surface area contributed by atoms with Crippen LogP contribution in [0.15, 0.2) is 35.6 Å². The van der Waals surface area contributed by atoms with E-state index in [4.69, 9.17) is 16.3 Å². The largest absolute Gasteiger partial charge is 0.379 e. The molecule has 3 heterocycles. The van der Waals surface area contributed by atoms with Gasteiger partial charge in [-0.3, -0.25) is 4.79 Å². The minimum atomic E-state index is -3.66. The van der Waals surface area contributed by atoms with Crippen molar-refractivity contribution in [2.75, 3.05) is 31.6 Å². The number of anilines is 1. The Morgan fingerprint density at radius 1 is 1.25 bits per heavy atom. The van der Waals surface area contributed by atoms with Gasteiger partial charge in [-0.05, 0) is 24.6 Å². The number of fused-ring (bicyclic) bond motifs is 1. The highest BCUT2D eigenvalue weighted by Gasteiger charge is 2.28. The fourth-order valence-corrected chi connectivity index (χ4v) is 5.12. The molecule has 1 aromatic heterocycles. The first-order valence-corrected chi connectivity index (χ1v) is 10.9. The van der Waals surface area contributed by atoms with E-state index < -0.39 is 10.0 Å². The van der Waals surface area contributed by atoms with E-state index in [1.54, 1.807) is 12.5 Å². The van der Waals surface area contributed by atoms with Crippen molar-refractivity contribution in [3.05, 3.63) is 41.4 Å². The molecule has 8 nitrogen and oxygen atoms in total. The van der Waals surface area contributed by atoms with Gasteiger partial charge in [0.2, 0.25) is 15.9 Å².